The summed E-state index contributed by atoms with van der Waals surface area (Å²) in [6.07, 6.45) is 1.64. The minimum atomic E-state index is -0.595. The number of halogens is 1. The SMILES string of the molecule is O=C1O/C(=C\c2ccc(-c3ccccc3)cc2)C(O)=C1c1cccc(Cl)c1. The Kier molecular flexibility index (Phi) is 4.53. The van der Waals surface area contributed by atoms with E-state index in [4.69, 9.17) is 16.3 Å². The van der Waals surface area contributed by atoms with Crippen molar-refractivity contribution in [3.05, 3.63) is 107 Å². The van der Waals surface area contributed by atoms with Gasteiger partial charge in [-0.2, -0.15) is 0 Å². The number of rotatable bonds is 3. The van der Waals surface area contributed by atoms with Gasteiger partial charge in [-0.3, -0.25) is 0 Å². The monoisotopic (exact) mass is 374 g/mol. The summed E-state index contributed by atoms with van der Waals surface area (Å²) in [5.74, 6) is -0.654. The summed E-state index contributed by atoms with van der Waals surface area (Å²) in [6, 6.07) is 24.6. The van der Waals surface area contributed by atoms with Gasteiger partial charge < -0.3 is 9.84 Å². The number of ether oxygens (including phenoxy) is 1. The molecule has 1 aliphatic heterocycles. The predicted molar refractivity (Wildman–Crippen MR) is 107 cm³/mol. The minimum absolute atomic E-state index is 0.115. The minimum Gasteiger partial charge on any atom is -0.504 e. The lowest BCUT2D eigenvalue weighted by Gasteiger charge is -2.03. The number of hydrogen-bond acceptors (Lipinski definition) is 3. The van der Waals surface area contributed by atoms with Gasteiger partial charge in [-0.05, 0) is 40.5 Å². The number of aliphatic hydroxyl groups is 1. The van der Waals surface area contributed by atoms with Crippen molar-refractivity contribution in [2.75, 3.05) is 0 Å². The van der Waals surface area contributed by atoms with Crippen LogP contribution >= 0.6 is 11.6 Å². The first kappa shape index (κ1) is 17.1. The number of aliphatic hydroxyl groups excluding tert-OH is 1. The molecule has 0 fully saturated rings. The van der Waals surface area contributed by atoms with E-state index < -0.39 is 5.97 Å². The van der Waals surface area contributed by atoms with E-state index in [1.54, 1.807) is 30.3 Å². The third-order valence-electron chi connectivity index (χ3n) is 4.31. The largest absolute Gasteiger partial charge is 0.504 e. The third kappa shape index (κ3) is 3.50. The van der Waals surface area contributed by atoms with Crippen LogP contribution in [-0.2, 0) is 9.53 Å². The van der Waals surface area contributed by atoms with Crippen molar-refractivity contribution in [1.29, 1.82) is 0 Å². The molecule has 0 aliphatic carbocycles. The highest BCUT2D eigenvalue weighted by Gasteiger charge is 2.31. The van der Waals surface area contributed by atoms with Gasteiger partial charge in [0.05, 0.1) is 0 Å². The van der Waals surface area contributed by atoms with Crippen LogP contribution in [0.1, 0.15) is 11.1 Å². The average molecular weight is 375 g/mol. The summed E-state index contributed by atoms with van der Waals surface area (Å²) in [7, 11) is 0. The van der Waals surface area contributed by atoms with Gasteiger partial charge in [-0.15, -0.1) is 0 Å². The summed E-state index contributed by atoms with van der Waals surface area (Å²) in [5.41, 5.74) is 3.66. The zero-order valence-electron chi connectivity index (χ0n) is 14.2. The van der Waals surface area contributed by atoms with Crippen LogP contribution in [0.25, 0.3) is 22.8 Å². The van der Waals surface area contributed by atoms with Gasteiger partial charge in [-0.25, -0.2) is 4.79 Å². The van der Waals surface area contributed by atoms with Gasteiger partial charge in [0.25, 0.3) is 0 Å². The topological polar surface area (TPSA) is 46.5 Å². The molecule has 3 aromatic rings. The number of esters is 1. The van der Waals surface area contributed by atoms with E-state index in [0.717, 1.165) is 16.7 Å². The summed E-state index contributed by atoms with van der Waals surface area (Å²) >= 11 is 5.98. The smallest absolute Gasteiger partial charge is 0.348 e. The lowest BCUT2D eigenvalue weighted by Crippen LogP contribution is -1.98. The van der Waals surface area contributed by atoms with E-state index in [0.29, 0.717) is 10.6 Å². The molecule has 1 aliphatic rings. The molecule has 0 saturated carbocycles. The van der Waals surface area contributed by atoms with Crippen molar-refractivity contribution < 1.29 is 14.6 Å². The third-order valence-corrected chi connectivity index (χ3v) is 4.54. The Morgan fingerprint density at radius 3 is 2.19 bits per heavy atom. The maximum absolute atomic E-state index is 12.2. The fourth-order valence-corrected chi connectivity index (χ4v) is 3.16. The Balaban J connectivity index is 1.65. The summed E-state index contributed by atoms with van der Waals surface area (Å²) < 4.78 is 5.25. The lowest BCUT2D eigenvalue weighted by molar-refractivity contribution is -0.131. The predicted octanol–water partition coefficient (Wildman–Crippen LogP) is 5.87. The molecule has 0 atom stereocenters. The van der Waals surface area contributed by atoms with Crippen LogP contribution in [0.5, 0.6) is 0 Å². The molecular weight excluding hydrogens is 360 g/mol. The molecule has 0 unspecified atom stereocenters. The van der Waals surface area contributed by atoms with Crippen LogP contribution in [0.4, 0.5) is 0 Å². The molecule has 3 aromatic carbocycles. The van der Waals surface area contributed by atoms with Crippen molar-refractivity contribution in [2.24, 2.45) is 0 Å². The molecule has 0 spiro atoms. The van der Waals surface area contributed by atoms with Crippen LogP contribution in [-0.4, -0.2) is 11.1 Å². The van der Waals surface area contributed by atoms with Crippen molar-refractivity contribution in [2.45, 2.75) is 0 Å². The van der Waals surface area contributed by atoms with Gasteiger partial charge in [-0.1, -0.05) is 78.3 Å². The molecule has 1 N–H and O–H groups in total. The Morgan fingerprint density at radius 1 is 0.815 bits per heavy atom. The van der Waals surface area contributed by atoms with Crippen LogP contribution in [0, 0.1) is 0 Å². The van der Waals surface area contributed by atoms with Gasteiger partial charge in [0.15, 0.2) is 11.5 Å². The van der Waals surface area contributed by atoms with E-state index in [-0.39, 0.29) is 17.1 Å². The second kappa shape index (κ2) is 7.14. The summed E-state index contributed by atoms with van der Waals surface area (Å²) in [6.45, 7) is 0. The summed E-state index contributed by atoms with van der Waals surface area (Å²) in [4.78, 5) is 12.2. The molecular formula is C23H15ClO3. The molecule has 0 amide bonds. The van der Waals surface area contributed by atoms with Crippen molar-refractivity contribution in [3.8, 4) is 11.1 Å². The van der Waals surface area contributed by atoms with Crippen LogP contribution in [0.3, 0.4) is 0 Å². The van der Waals surface area contributed by atoms with E-state index in [1.165, 1.54) is 0 Å². The quantitative estimate of drug-likeness (QED) is 0.583. The van der Waals surface area contributed by atoms with Crippen molar-refractivity contribution in [1.82, 2.24) is 0 Å². The van der Waals surface area contributed by atoms with Crippen molar-refractivity contribution in [3.63, 3.8) is 0 Å². The standard InChI is InChI=1S/C23H15ClO3/c24-19-8-4-7-18(14-19)21-22(25)20(27-23(21)26)13-15-9-11-17(12-10-15)16-5-2-1-3-6-16/h1-14,25H/b20-13-. The number of benzene rings is 3. The molecule has 4 heteroatoms. The second-order valence-electron chi connectivity index (χ2n) is 6.12. The Hall–Kier alpha value is -3.30. The second-order valence-corrected chi connectivity index (χ2v) is 6.56. The van der Waals surface area contributed by atoms with Crippen LogP contribution in [0.15, 0.2) is 90.4 Å². The molecule has 132 valence electrons. The fraction of sp³-hybridized carbons (Fsp3) is 0. The van der Waals surface area contributed by atoms with Gasteiger partial charge in [0.2, 0.25) is 0 Å². The van der Waals surface area contributed by atoms with Crippen LogP contribution < -0.4 is 0 Å². The molecule has 0 bridgehead atoms. The molecule has 0 radical (unpaired) electrons. The molecule has 0 saturated heterocycles. The van der Waals surface area contributed by atoms with Gasteiger partial charge in [0.1, 0.15) is 5.57 Å². The zero-order chi connectivity index (χ0) is 18.8. The highest BCUT2D eigenvalue weighted by molar-refractivity contribution is 6.31. The van der Waals surface area contributed by atoms with E-state index in [1.807, 2.05) is 54.6 Å². The van der Waals surface area contributed by atoms with Gasteiger partial charge in [0, 0.05) is 5.02 Å². The number of carbonyl (C=O) groups excluding carboxylic acids is 1. The van der Waals surface area contributed by atoms with E-state index in [9.17, 15) is 9.90 Å². The summed E-state index contributed by atoms with van der Waals surface area (Å²) in [5, 5.41) is 11.0. The first-order chi connectivity index (χ1) is 13.1. The van der Waals surface area contributed by atoms with E-state index >= 15 is 0 Å². The zero-order valence-corrected chi connectivity index (χ0v) is 15.0. The maximum Gasteiger partial charge on any atom is 0.348 e. The molecule has 4 rings (SSSR count). The average Bonchev–Trinajstić information content (AvgIpc) is 2.96. The Bertz CT molecular complexity index is 1060. The first-order valence-electron chi connectivity index (χ1n) is 8.41. The number of cyclic esters (lactones) is 1. The highest BCUT2D eigenvalue weighted by Crippen LogP contribution is 2.33. The van der Waals surface area contributed by atoms with Crippen LogP contribution in [0.2, 0.25) is 5.02 Å². The molecule has 0 aromatic heterocycles. The lowest BCUT2D eigenvalue weighted by atomic mass is 10.0. The van der Waals surface area contributed by atoms with E-state index in [2.05, 4.69) is 0 Å². The maximum atomic E-state index is 12.2. The Morgan fingerprint density at radius 2 is 1.48 bits per heavy atom. The number of hydrogen-bond donors (Lipinski definition) is 1. The molecule has 1 heterocycles. The fourth-order valence-electron chi connectivity index (χ4n) is 2.97. The Labute approximate surface area is 161 Å². The van der Waals surface area contributed by atoms with Gasteiger partial charge >= 0.3 is 5.97 Å². The van der Waals surface area contributed by atoms with Crippen molar-refractivity contribution >= 4 is 29.2 Å². The molecule has 27 heavy (non-hydrogen) atoms. The molecule has 3 nitrogen and oxygen atoms in total. The number of carbonyl (C=O) groups is 1. The highest BCUT2D eigenvalue weighted by atomic mass is 35.5. The first-order valence-corrected chi connectivity index (χ1v) is 8.78. The normalized spacial score (nSPS) is 15.3.